The number of carbonyl (C=O) groups excluding carboxylic acids is 1. The number of carboxylic acid groups (broad SMARTS) is 1. The van der Waals surface area contributed by atoms with Crippen molar-refractivity contribution in [2.75, 3.05) is 19.6 Å². The van der Waals surface area contributed by atoms with Crippen LogP contribution in [0.15, 0.2) is 18.3 Å². The fourth-order valence-corrected chi connectivity index (χ4v) is 3.99. The number of pyridine rings is 1. The maximum absolute atomic E-state index is 12.7. The highest BCUT2D eigenvalue weighted by Crippen LogP contribution is 2.48. The first-order chi connectivity index (χ1) is 12.2. The summed E-state index contributed by atoms with van der Waals surface area (Å²) in [4.78, 5) is 29.3. The summed E-state index contributed by atoms with van der Waals surface area (Å²) < 4.78 is 38.1. The number of halogens is 3. The van der Waals surface area contributed by atoms with Gasteiger partial charge in [0.05, 0.1) is 11.0 Å². The first kappa shape index (κ1) is 18.5. The van der Waals surface area contributed by atoms with E-state index in [1.807, 2.05) is 0 Å². The summed E-state index contributed by atoms with van der Waals surface area (Å²) in [6.07, 6.45) is -0.947. The average Bonchev–Trinajstić information content (AvgIpc) is 3.12. The minimum Gasteiger partial charge on any atom is -0.481 e. The molecule has 0 bridgehead atoms. The maximum Gasteiger partial charge on any atom is 0.416 e. The lowest BCUT2D eigenvalue weighted by Crippen LogP contribution is -2.42. The van der Waals surface area contributed by atoms with Crippen LogP contribution < -0.4 is 5.32 Å². The molecular formula is C17H20F3N3O3. The van der Waals surface area contributed by atoms with Gasteiger partial charge in [0.2, 0.25) is 0 Å². The van der Waals surface area contributed by atoms with Gasteiger partial charge in [-0.3, -0.25) is 9.78 Å². The first-order valence-corrected chi connectivity index (χ1v) is 8.51. The second-order valence-electron chi connectivity index (χ2n) is 6.95. The Labute approximate surface area is 148 Å². The molecular weight excluding hydrogens is 351 g/mol. The van der Waals surface area contributed by atoms with Gasteiger partial charge < -0.3 is 15.3 Å². The molecule has 1 aliphatic carbocycles. The molecule has 1 saturated carbocycles. The van der Waals surface area contributed by atoms with Crippen molar-refractivity contribution in [2.45, 2.75) is 31.9 Å². The first-order valence-electron chi connectivity index (χ1n) is 8.51. The second kappa shape index (κ2) is 6.77. The van der Waals surface area contributed by atoms with Crippen molar-refractivity contribution in [3.8, 4) is 0 Å². The number of fused-ring (bicyclic) bond motifs is 1. The predicted molar refractivity (Wildman–Crippen MR) is 85.3 cm³/mol. The number of rotatable bonds is 4. The number of nitrogens with one attached hydrogen (secondary N) is 1. The molecule has 0 aromatic carbocycles. The fraction of sp³-hybridized carbons (Fsp3) is 0.588. The third kappa shape index (κ3) is 3.47. The highest BCUT2D eigenvalue weighted by molar-refractivity contribution is 5.80. The number of likely N-dealkylation sites (tertiary alicyclic amines) is 1. The Morgan fingerprint density at radius 3 is 2.85 bits per heavy atom. The Morgan fingerprint density at radius 2 is 2.19 bits per heavy atom. The Hall–Kier alpha value is -2.32. The zero-order chi connectivity index (χ0) is 18.9. The number of carbonyl (C=O) groups is 2. The Kier molecular flexibility index (Phi) is 4.81. The highest BCUT2D eigenvalue weighted by Gasteiger charge is 2.55. The van der Waals surface area contributed by atoms with Crippen LogP contribution in [0.2, 0.25) is 0 Å². The van der Waals surface area contributed by atoms with Crippen LogP contribution in [-0.2, 0) is 17.4 Å². The number of urea groups is 1. The molecule has 2 fully saturated rings. The quantitative estimate of drug-likeness (QED) is 0.852. The van der Waals surface area contributed by atoms with Gasteiger partial charge in [0.1, 0.15) is 0 Å². The van der Waals surface area contributed by atoms with E-state index in [0.29, 0.717) is 13.0 Å². The molecule has 0 unspecified atom stereocenters. The molecule has 26 heavy (non-hydrogen) atoms. The van der Waals surface area contributed by atoms with Gasteiger partial charge in [0.25, 0.3) is 0 Å². The van der Waals surface area contributed by atoms with Gasteiger partial charge in [-0.25, -0.2) is 4.79 Å². The van der Waals surface area contributed by atoms with E-state index in [1.165, 1.54) is 4.90 Å². The normalized spacial score (nSPS) is 25.2. The third-order valence-electron chi connectivity index (χ3n) is 5.39. The highest BCUT2D eigenvalue weighted by atomic mass is 19.4. The van der Waals surface area contributed by atoms with Crippen LogP contribution in [0.4, 0.5) is 18.0 Å². The molecule has 1 aromatic rings. The average molecular weight is 371 g/mol. The van der Waals surface area contributed by atoms with Gasteiger partial charge in [-0.05, 0) is 30.9 Å². The molecule has 2 heterocycles. The van der Waals surface area contributed by atoms with Gasteiger partial charge in [0, 0.05) is 37.9 Å². The van der Waals surface area contributed by atoms with E-state index in [0.717, 1.165) is 31.2 Å². The molecule has 1 saturated heterocycles. The monoisotopic (exact) mass is 371 g/mol. The number of amides is 2. The SMILES string of the molecule is O=C(NCCc1cc(C(F)(F)F)ccn1)N1C[C@@H]2CCC[C@@]2(C(=O)O)C1. The molecule has 0 radical (unpaired) electrons. The van der Waals surface area contributed by atoms with Crippen LogP contribution in [0.1, 0.15) is 30.5 Å². The van der Waals surface area contributed by atoms with E-state index in [9.17, 15) is 27.9 Å². The number of hydrogen-bond donors (Lipinski definition) is 2. The van der Waals surface area contributed by atoms with Gasteiger partial charge >= 0.3 is 18.2 Å². The van der Waals surface area contributed by atoms with Gasteiger partial charge in [0.15, 0.2) is 0 Å². The number of nitrogens with zero attached hydrogens (tertiary/aromatic N) is 2. The van der Waals surface area contributed by atoms with Crippen molar-refractivity contribution >= 4 is 12.0 Å². The van der Waals surface area contributed by atoms with E-state index in [4.69, 9.17) is 0 Å². The molecule has 0 spiro atoms. The molecule has 1 aromatic heterocycles. The molecule has 3 rings (SSSR count). The van der Waals surface area contributed by atoms with E-state index in [1.54, 1.807) is 0 Å². The number of carboxylic acids is 1. The van der Waals surface area contributed by atoms with E-state index in [2.05, 4.69) is 10.3 Å². The molecule has 2 aliphatic rings. The van der Waals surface area contributed by atoms with Crippen LogP contribution in [0, 0.1) is 11.3 Å². The molecule has 2 atom stereocenters. The number of hydrogen-bond acceptors (Lipinski definition) is 3. The fourth-order valence-electron chi connectivity index (χ4n) is 3.99. The predicted octanol–water partition coefficient (Wildman–Crippen LogP) is 2.54. The zero-order valence-electron chi connectivity index (χ0n) is 14.1. The van der Waals surface area contributed by atoms with Crippen LogP contribution in [0.3, 0.4) is 0 Å². The van der Waals surface area contributed by atoms with Crippen molar-refractivity contribution in [3.63, 3.8) is 0 Å². The summed E-state index contributed by atoms with van der Waals surface area (Å²) in [5, 5.41) is 12.2. The topological polar surface area (TPSA) is 82.5 Å². The van der Waals surface area contributed by atoms with Crippen LogP contribution in [0.5, 0.6) is 0 Å². The molecule has 2 amide bonds. The number of alkyl halides is 3. The Morgan fingerprint density at radius 1 is 1.42 bits per heavy atom. The van der Waals surface area contributed by atoms with Crippen molar-refractivity contribution in [1.29, 1.82) is 0 Å². The van der Waals surface area contributed by atoms with Gasteiger partial charge in [-0.2, -0.15) is 13.2 Å². The minimum atomic E-state index is -4.43. The molecule has 1 aliphatic heterocycles. The van der Waals surface area contributed by atoms with E-state index >= 15 is 0 Å². The summed E-state index contributed by atoms with van der Waals surface area (Å²) in [5.74, 6) is -0.889. The lowest BCUT2D eigenvalue weighted by molar-refractivity contribution is -0.149. The van der Waals surface area contributed by atoms with Gasteiger partial charge in [-0.1, -0.05) is 6.42 Å². The second-order valence-corrected chi connectivity index (χ2v) is 6.95. The minimum absolute atomic E-state index is 0.0316. The molecule has 142 valence electrons. The number of aromatic nitrogens is 1. The lowest BCUT2D eigenvalue weighted by Gasteiger charge is -2.23. The van der Waals surface area contributed by atoms with Crippen molar-refractivity contribution < 1.29 is 27.9 Å². The molecule has 9 heteroatoms. The van der Waals surface area contributed by atoms with E-state index in [-0.39, 0.29) is 37.2 Å². The van der Waals surface area contributed by atoms with Crippen LogP contribution >= 0.6 is 0 Å². The van der Waals surface area contributed by atoms with Crippen LogP contribution in [-0.4, -0.2) is 46.6 Å². The van der Waals surface area contributed by atoms with Gasteiger partial charge in [-0.15, -0.1) is 0 Å². The summed E-state index contributed by atoms with van der Waals surface area (Å²) in [5.41, 5.74) is -1.38. The summed E-state index contributed by atoms with van der Waals surface area (Å²) in [7, 11) is 0. The number of aliphatic carboxylic acids is 1. The zero-order valence-corrected chi connectivity index (χ0v) is 14.1. The van der Waals surface area contributed by atoms with Crippen LogP contribution in [0.25, 0.3) is 0 Å². The molecule has 2 N–H and O–H groups in total. The largest absolute Gasteiger partial charge is 0.481 e. The summed E-state index contributed by atoms with van der Waals surface area (Å²) >= 11 is 0. The summed E-state index contributed by atoms with van der Waals surface area (Å²) in [6.45, 7) is 0.717. The Bertz CT molecular complexity index is 710. The smallest absolute Gasteiger partial charge is 0.416 e. The summed E-state index contributed by atoms with van der Waals surface area (Å²) in [6, 6.07) is 1.48. The van der Waals surface area contributed by atoms with Crippen molar-refractivity contribution in [1.82, 2.24) is 15.2 Å². The van der Waals surface area contributed by atoms with Crippen molar-refractivity contribution in [3.05, 3.63) is 29.6 Å². The third-order valence-corrected chi connectivity index (χ3v) is 5.39. The maximum atomic E-state index is 12.7. The lowest BCUT2D eigenvalue weighted by atomic mass is 9.81. The molecule has 6 nitrogen and oxygen atoms in total. The van der Waals surface area contributed by atoms with Crippen molar-refractivity contribution in [2.24, 2.45) is 11.3 Å². The Balaban J connectivity index is 1.53. The standard InChI is InChI=1S/C17H20F3N3O3/c18-17(19,20)11-3-6-21-13(8-11)4-7-22-15(26)23-9-12-2-1-5-16(12,10-23)14(24)25/h3,6,8,12H,1-2,4-5,7,9-10H2,(H,22,26)(H,24,25)/t12-,16+/m0/s1. The van der Waals surface area contributed by atoms with E-state index < -0.39 is 23.1 Å².